The second-order valence-electron chi connectivity index (χ2n) is 7.55. The molecule has 3 rings (SSSR count). The third-order valence-corrected chi connectivity index (χ3v) is 8.16. The first-order valence-electron chi connectivity index (χ1n) is 11.1. The fraction of sp³-hybridized carbons (Fsp3) is 0.391. The minimum Gasteiger partial charge on any atom is -0.462 e. The van der Waals surface area contributed by atoms with Crippen molar-refractivity contribution in [2.75, 3.05) is 25.4 Å². The van der Waals surface area contributed by atoms with Crippen LogP contribution in [0, 0.1) is 13.8 Å². The minimum atomic E-state index is -3.64. The summed E-state index contributed by atoms with van der Waals surface area (Å²) in [6.45, 7) is 9.60. The molecule has 12 heteroatoms. The van der Waals surface area contributed by atoms with E-state index in [1.54, 1.807) is 46.8 Å². The molecule has 0 aliphatic heterocycles. The maximum absolute atomic E-state index is 12.9. The van der Waals surface area contributed by atoms with Crippen molar-refractivity contribution in [1.29, 1.82) is 0 Å². The van der Waals surface area contributed by atoms with E-state index in [-0.39, 0.29) is 45.3 Å². The summed E-state index contributed by atoms with van der Waals surface area (Å²) >= 11 is 1.03. The Kier molecular flexibility index (Phi) is 8.51. The molecule has 0 aliphatic carbocycles. The number of aromatic nitrogens is 3. The summed E-state index contributed by atoms with van der Waals surface area (Å²) in [5.41, 5.74) is 2.10. The van der Waals surface area contributed by atoms with Crippen LogP contribution < -0.4 is 0 Å². The molecule has 0 bridgehead atoms. The molecule has 0 unspecified atom stereocenters. The van der Waals surface area contributed by atoms with Gasteiger partial charge in [0.15, 0.2) is 5.78 Å². The van der Waals surface area contributed by atoms with Crippen LogP contribution in [-0.4, -0.2) is 65.1 Å². The van der Waals surface area contributed by atoms with E-state index >= 15 is 0 Å². The van der Waals surface area contributed by atoms with Gasteiger partial charge in [-0.25, -0.2) is 13.2 Å². The van der Waals surface area contributed by atoms with Crippen LogP contribution in [0.3, 0.4) is 0 Å². The molecule has 188 valence electrons. The third kappa shape index (κ3) is 5.65. The van der Waals surface area contributed by atoms with E-state index in [2.05, 4.69) is 15.2 Å². The second kappa shape index (κ2) is 11.2. The van der Waals surface area contributed by atoms with Crippen molar-refractivity contribution in [3.63, 3.8) is 0 Å². The van der Waals surface area contributed by atoms with Crippen molar-refractivity contribution in [3.8, 4) is 11.5 Å². The molecule has 0 saturated heterocycles. The van der Waals surface area contributed by atoms with Crippen LogP contribution in [0.5, 0.6) is 0 Å². The lowest BCUT2D eigenvalue weighted by Crippen LogP contribution is -2.30. The quantitative estimate of drug-likeness (QED) is 0.227. The maximum atomic E-state index is 12.9. The first-order valence-corrected chi connectivity index (χ1v) is 13.5. The molecule has 2 heterocycles. The molecule has 35 heavy (non-hydrogen) atoms. The van der Waals surface area contributed by atoms with Gasteiger partial charge < -0.3 is 14.1 Å². The van der Waals surface area contributed by atoms with E-state index in [4.69, 9.17) is 9.15 Å². The lowest BCUT2D eigenvalue weighted by atomic mass is 10.1. The highest BCUT2D eigenvalue weighted by Gasteiger charge is 2.26. The number of nitrogens with zero attached hydrogens (tertiary/aromatic N) is 3. The number of carbonyl (C=O) groups is 2. The zero-order chi connectivity index (χ0) is 25.8. The number of hydrogen-bond donors (Lipinski definition) is 1. The summed E-state index contributed by atoms with van der Waals surface area (Å²) in [6.07, 6.45) is 0. The normalized spacial score (nSPS) is 11.7. The Balaban J connectivity index is 1.77. The van der Waals surface area contributed by atoms with Crippen molar-refractivity contribution in [3.05, 3.63) is 46.8 Å². The minimum absolute atomic E-state index is 0.0391. The van der Waals surface area contributed by atoms with E-state index in [0.29, 0.717) is 30.0 Å². The highest BCUT2D eigenvalue weighted by atomic mass is 32.2. The standard InChI is InChI=1S/C23H28N4O6S2/c1-6-27(7-2)35(30,31)17-11-9-10-16(12-17)21-25-26-23(33-21)34-13-18(28)19-14(4)24-15(5)20(19)22(29)32-8-3/h9-12,24H,6-8,13H2,1-5H3. The number of ether oxygens (including phenoxy) is 1. The van der Waals surface area contributed by atoms with Gasteiger partial charge in [0.25, 0.3) is 5.22 Å². The number of hydrogen-bond acceptors (Lipinski definition) is 9. The molecule has 0 fully saturated rings. The number of Topliss-reactive ketones (excluding diaryl/α,β-unsaturated/α-hetero) is 1. The van der Waals surface area contributed by atoms with Gasteiger partial charge in [-0.2, -0.15) is 4.31 Å². The summed E-state index contributed by atoms with van der Waals surface area (Å²) < 4.78 is 37.8. The van der Waals surface area contributed by atoms with Gasteiger partial charge in [-0.15, -0.1) is 10.2 Å². The summed E-state index contributed by atoms with van der Waals surface area (Å²) in [5.74, 6) is -0.741. The van der Waals surface area contributed by atoms with Crippen LogP contribution >= 0.6 is 11.8 Å². The molecule has 2 aromatic heterocycles. The summed E-state index contributed by atoms with van der Waals surface area (Å²) in [6, 6.07) is 6.29. The molecule has 0 radical (unpaired) electrons. The van der Waals surface area contributed by atoms with E-state index in [0.717, 1.165) is 11.8 Å². The molecule has 0 spiro atoms. The number of esters is 1. The van der Waals surface area contributed by atoms with Crippen LogP contribution in [0.2, 0.25) is 0 Å². The van der Waals surface area contributed by atoms with Crippen LogP contribution in [0.25, 0.3) is 11.5 Å². The third-order valence-electron chi connectivity index (χ3n) is 5.29. The van der Waals surface area contributed by atoms with Crippen LogP contribution in [-0.2, 0) is 14.8 Å². The fourth-order valence-corrected chi connectivity index (χ4v) is 5.81. The number of aryl methyl sites for hydroxylation is 2. The van der Waals surface area contributed by atoms with Gasteiger partial charge in [0, 0.05) is 30.0 Å². The molecule has 1 N–H and O–H groups in total. The lowest BCUT2D eigenvalue weighted by Gasteiger charge is -2.18. The topological polar surface area (TPSA) is 135 Å². The van der Waals surface area contributed by atoms with Gasteiger partial charge in [-0.3, -0.25) is 4.79 Å². The molecule has 3 aromatic rings. The average Bonchev–Trinajstić information content (AvgIpc) is 3.42. The van der Waals surface area contributed by atoms with Gasteiger partial charge >= 0.3 is 5.97 Å². The molecular formula is C23H28N4O6S2. The Morgan fingerprint density at radius 3 is 2.43 bits per heavy atom. The van der Waals surface area contributed by atoms with Gasteiger partial charge in [0.2, 0.25) is 15.9 Å². The number of sulfonamides is 1. The smallest absolute Gasteiger partial charge is 0.340 e. The van der Waals surface area contributed by atoms with E-state index in [1.807, 2.05) is 0 Å². The Bertz CT molecular complexity index is 1330. The number of nitrogens with one attached hydrogen (secondary N) is 1. The SMILES string of the molecule is CCOC(=O)c1c(C)[nH]c(C)c1C(=O)CSc1nnc(-c2cccc(S(=O)(=O)N(CC)CC)c2)o1. The molecule has 0 saturated carbocycles. The van der Waals surface area contributed by atoms with Crippen molar-refractivity contribution >= 4 is 33.5 Å². The molecule has 1 aromatic carbocycles. The summed E-state index contributed by atoms with van der Waals surface area (Å²) in [4.78, 5) is 28.4. The van der Waals surface area contributed by atoms with E-state index in [1.165, 1.54) is 16.4 Å². The number of carbonyl (C=O) groups excluding carboxylic acids is 2. The Labute approximate surface area is 208 Å². The lowest BCUT2D eigenvalue weighted by molar-refractivity contribution is 0.0522. The molecule has 0 amide bonds. The maximum Gasteiger partial charge on any atom is 0.340 e. The van der Waals surface area contributed by atoms with Gasteiger partial charge in [-0.05, 0) is 39.0 Å². The Morgan fingerprint density at radius 1 is 1.09 bits per heavy atom. The van der Waals surface area contributed by atoms with Crippen LogP contribution in [0.1, 0.15) is 52.9 Å². The highest BCUT2D eigenvalue weighted by molar-refractivity contribution is 7.99. The number of thioether (sulfide) groups is 1. The first kappa shape index (κ1) is 26.6. The summed E-state index contributed by atoms with van der Waals surface area (Å²) in [5, 5.41) is 8.11. The number of ketones is 1. The van der Waals surface area contributed by atoms with Crippen molar-refractivity contribution in [2.45, 2.75) is 44.7 Å². The Morgan fingerprint density at radius 2 is 1.77 bits per heavy atom. The van der Waals surface area contributed by atoms with Gasteiger partial charge in [-0.1, -0.05) is 31.7 Å². The number of H-pyrrole nitrogens is 1. The number of benzene rings is 1. The fourth-order valence-electron chi connectivity index (χ4n) is 3.67. The second-order valence-corrected chi connectivity index (χ2v) is 10.4. The molecule has 10 nitrogen and oxygen atoms in total. The van der Waals surface area contributed by atoms with E-state index < -0.39 is 16.0 Å². The van der Waals surface area contributed by atoms with Crippen LogP contribution in [0.4, 0.5) is 0 Å². The largest absolute Gasteiger partial charge is 0.462 e. The molecule has 0 aliphatic rings. The number of aromatic amines is 1. The van der Waals surface area contributed by atoms with Gasteiger partial charge in [0.1, 0.15) is 0 Å². The highest BCUT2D eigenvalue weighted by Crippen LogP contribution is 2.28. The predicted molar refractivity (Wildman–Crippen MR) is 131 cm³/mol. The zero-order valence-corrected chi connectivity index (χ0v) is 21.9. The Hall–Kier alpha value is -2.96. The van der Waals surface area contributed by atoms with Crippen molar-refractivity contribution in [2.24, 2.45) is 0 Å². The predicted octanol–water partition coefficient (Wildman–Crippen LogP) is 3.86. The number of rotatable bonds is 11. The van der Waals surface area contributed by atoms with Crippen molar-refractivity contribution in [1.82, 2.24) is 19.5 Å². The van der Waals surface area contributed by atoms with Gasteiger partial charge in [0.05, 0.1) is 28.4 Å². The molecular weight excluding hydrogens is 492 g/mol. The van der Waals surface area contributed by atoms with Crippen LogP contribution in [0.15, 0.2) is 38.8 Å². The monoisotopic (exact) mass is 520 g/mol. The van der Waals surface area contributed by atoms with E-state index in [9.17, 15) is 18.0 Å². The molecule has 0 atom stereocenters. The summed E-state index contributed by atoms with van der Waals surface area (Å²) in [7, 11) is -3.64. The average molecular weight is 521 g/mol. The first-order chi connectivity index (χ1) is 16.6. The van der Waals surface area contributed by atoms with Crippen molar-refractivity contribution < 1.29 is 27.2 Å². The zero-order valence-electron chi connectivity index (χ0n) is 20.2.